The summed E-state index contributed by atoms with van der Waals surface area (Å²) in [6.45, 7) is 2.49. The van der Waals surface area contributed by atoms with E-state index in [2.05, 4.69) is 5.32 Å². The van der Waals surface area contributed by atoms with Crippen molar-refractivity contribution in [2.75, 3.05) is 11.9 Å². The third-order valence-corrected chi connectivity index (χ3v) is 3.26. The number of nitro benzene ring substituents is 1. The first-order valence-corrected chi connectivity index (χ1v) is 7.35. The van der Waals surface area contributed by atoms with E-state index < -0.39 is 4.92 Å². The van der Waals surface area contributed by atoms with Gasteiger partial charge in [0.1, 0.15) is 5.75 Å². The van der Waals surface area contributed by atoms with Crippen molar-refractivity contribution in [3.8, 4) is 5.75 Å². The van der Waals surface area contributed by atoms with Crippen LogP contribution in [0, 0.1) is 10.1 Å². The van der Waals surface area contributed by atoms with E-state index in [1.54, 1.807) is 0 Å². The second-order valence-corrected chi connectivity index (χ2v) is 4.89. The van der Waals surface area contributed by atoms with Crippen LogP contribution in [0.5, 0.6) is 5.75 Å². The molecule has 0 unspecified atom stereocenters. The highest BCUT2D eigenvalue weighted by Crippen LogP contribution is 2.20. The predicted molar refractivity (Wildman–Crippen MR) is 87.7 cm³/mol. The van der Waals surface area contributed by atoms with Crippen LogP contribution in [0.25, 0.3) is 0 Å². The number of carbonyl (C=O) groups is 1. The van der Waals surface area contributed by atoms with Crippen LogP contribution in [-0.2, 0) is 11.2 Å². The second-order valence-electron chi connectivity index (χ2n) is 4.89. The standard InChI is InChI=1S/C17H18N2O4/c1-2-23-16-6-4-3-5-13(16)7-12-17(20)18-14-8-10-15(11-9-14)19(21)22/h3-6,8-11H,2,7,12H2,1H3,(H,18,20). The molecule has 120 valence electrons. The number of rotatable bonds is 7. The van der Waals surface area contributed by atoms with Crippen molar-refractivity contribution in [1.82, 2.24) is 0 Å². The van der Waals surface area contributed by atoms with Crippen LogP contribution in [0.4, 0.5) is 11.4 Å². The Morgan fingerprint density at radius 2 is 1.87 bits per heavy atom. The van der Waals surface area contributed by atoms with E-state index in [-0.39, 0.29) is 11.6 Å². The van der Waals surface area contributed by atoms with Gasteiger partial charge in [-0.25, -0.2) is 0 Å². The highest BCUT2D eigenvalue weighted by atomic mass is 16.6. The fourth-order valence-electron chi connectivity index (χ4n) is 2.14. The molecule has 1 amide bonds. The van der Waals surface area contributed by atoms with Crippen LogP contribution in [0.15, 0.2) is 48.5 Å². The summed E-state index contributed by atoms with van der Waals surface area (Å²) in [5.74, 6) is 0.642. The van der Waals surface area contributed by atoms with Crippen molar-refractivity contribution >= 4 is 17.3 Å². The normalized spacial score (nSPS) is 10.1. The van der Waals surface area contributed by atoms with Crippen molar-refractivity contribution < 1.29 is 14.5 Å². The number of nitrogens with one attached hydrogen (secondary N) is 1. The van der Waals surface area contributed by atoms with E-state index in [4.69, 9.17) is 4.74 Å². The molecule has 2 aromatic rings. The van der Waals surface area contributed by atoms with Gasteiger partial charge in [-0.3, -0.25) is 14.9 Å². The third kappa shape index (κ3) is 4.81. The average Bonchev–Trinajstić information content (AvgIpc) is 2.55. The molecule has 0 bridgehead atoms. The van der Waals surface area contributed by atoms with E-state index in [0.717, 1.165) is 11.3 Å². The lowest BCUT2D eigenvalue weighted by molar-refractivity contribution is -0.384. The highest BCUT2D eigenvalue weighted by molar-refractivity contribution is 5.90. The molecule has 0 atom stereocenters. The Kier molecular flexibility index (Phi) is 5.68. The highest BCUT2D eigenvalue weighted by Gasteiger charge is 2.08. The molecular formula is C17H18N2O4. The lowest BCUT2D eigenvalue weighted by Crippen LogP contribution is -2.12. The lowest BCUT2D eigenvalue weighted by Gasteiger charge is -2.10. The summed E-state index contributed by atoms with van der Waals surface area (Å²) in [6.07, 6.45) is 0.871. The van der Waals surface area contributed by atoms with Gasteiger partial charge in [0, 0.05) is 24.2 Å². The number of ether oxygens (including phenoxy) is 1. The minimum absolute atomic E-state index is 0.00589. The molecule has 2 rings (SSSR count). The molecule has 6 heteroatoms. The first-order chi connectivity index (χ1) is 11.1. The zero-order valence-electron chi connectivity index (χ0n) is 12.8. The largest absolute Gasteiger partial charge is 0.494 e. The quantitative estimate of drug-likeness (QED) is 0.625. The summed E-state index contributed by atoms with van der Waals surface area (Å²) in [6, 6.07) is 13.4. The summed E-state index contributed by atoms with van der Waals surface area (Å²) in [5.41, 5.74) is 1.51. The summed E-state index contributed by atoms with van der Waals surface area (Å²) < 4.78 is 5.53. The maximum Gasteiger partial charge on any atom is 0.269 e. The predicted octanol–water partition coefficient (Wildman–Crippen LogP) is 3.56. The van der Waals surface area contributed by atoms with Gasteiger partial charge in [-0.15, -0.1) is 0 Å². The van der Waals surface area contributed by atoms with Crippen molar-refractivity contribution in [3.63, 3.8) is 0 Å². The zero-order chi connectivity index (χ0) is 16.7. The minimum atomic E-state index is -0.476. The summed E-state index contributed by atoms with van der Waals surface area (Å²) in [4.78, 5) is 22.1. The number of para-hydroxylation sites is 1. The molecule has 0 saturated heterocycles. The molecule has 6 nitrogen and oxygen atoms in total. The molecule has 1 N–H and O–H groups in total. The Morgan fingerprint density at radius 1 is 1.17 bits per heavy atom. The molecule has 0 saturated carbocycles. The van der Waals surface area contributed by atoms with Gasteiger partial charge in [-0.2, -0.15) is 0 Å². The SMILES string of the molecule is CCOc1ccccc1CCC(=O)Nc1ccc([N+](=O)[O-])cc1. The van der Waals surface area contributed by atoms with Crippen molar-refractivity contribution in [3.05, 3.63) is 64.2 Å². The zero-order valence-corrected chi connectivity index (χ0v) is 12.8. The topological polar surface area (TPSA) is 81.5 Å². The average molecular weight is 314 g/mol. The number of carbonyl (C=O) groups excluding carboxylic acids is 1. The Hall–Kier alpha value is -2.89. The van der Waals surface area contributed by atoms with Gasteiger partial charge in [-0.1, -0.05) is 18.2 Å². The number of hydrogen-bond donors (Lipinski definition) is 1. The Bertz CT molecular complexity index is 683. The molecule has 0 aliphatic rings. The number of anilines is 1. The smallest absolute Gasteiger partial charge is 0.269 e. The van der Waals surface area contributed by atoms with E-state index in [1.165, 1.54) is 24.3 Å². The van der Waals surface area contributed by atoms with Gasteiger partial charge in [0.2, 0.25) is 5.91 Å². The Labute approximate surface area is 134 Å². The Balaban J connectivity index is 1.91. The monoisotopic (exact) mass is 314 g/mol. The molecule has 2 aromatic carbocycles. The van der Waals surface area contributed by atoms with Gasteiger partial charge in [0.25, 0.3) is 5.69 Å². The van der Waals surface area contributed by atoms with Crippen molar-refractivity contribution in [1.29, 1.82) is 0 Å². The Morgan fingerprint density at radius 3 is 2.52 bits per heavy atom. The fraction of sp³-hybridized carbons (Fsp3) is 0.235. The van der Waals surface area contributed by atoms with Crippen LogP contribution in [0.2, 0.25) is 0 Å². The third-order valence-electron chi connectivity index (χ3n) is 3.26. The summed E-state index contributed by atoms with van der Waals surface area (Å²) >= 11 is 0. The molecule has 0 spiro atoms. The number of nitrogens with zero attached hydrogens (tertiary/aromatic N) is 1. The number of aryl methyl sites for hydroxylation is 1. The van der Waals surface area contributed by atoms with E-state index >= 15 is 0 Å². The second kappa shape index (κ2) is 7.93. The van der Waals surface area contributed by atoms with E-state index in [0.29, 0.717) is 25.1 Å². The maximum absolute atomic E-state index is 12.0. The first-order valence-electron chi connectivity index (χ1n) is 7.35. The van der Waals surface area contributed by atoms with E-state index in [9.17, 15) is 14.9 Å². The first kappa shape index (κ1) is 16.5. The molecule has 0 radical (unpaired) electrons. The number of non-ortho nitro benzene ring substituents is 1. The van der Waals surface area contributed by atoms with Crippen LogP contribution >= 0.6 is 0 Å². The molecule has 0 aliphatic heterocycles. The maximum atomic E-state index is 12.0. The molecule has 0 fully saturated rings. The van der Waals surface area contributed by atoms with Gasteiger partial charge >= 0.3 is 0 Å². The molecule has 0 aliphatic carbocycles. The lowest BCUT2D eigenvalue weighted by atomic mass is 10.1. The van der Waals surface area contributed by atoms with Gasteiger partial charge < -0.3 is 10.1 Å². The molecule has 0 aromatic heterocycles. The fourth-order valence-corrected chi connectivity index (χ4v) is 2.14. The molecule has 23 heavy (non-hydrogen) atoms. The van der Waals surface area contributed by atoms with Crippen molar-refractivity contribution in [2.24, 2.45) is 0 Å². The minimum Gasteiger partial charge on any atom is -0.494 e. The van der Waals surface area contributed by atoms with Gasteiger partial charge in [-0.05, 0) is 37.1 Å². The van der Waals surface area contributed by atoms with Crippen LogP contribution in [0.3, 0.4) is 0 Å². The van der Waals surface area contributed by atoms with E-state index in [1.807, 2.05) is 31.2 Å². The van der Waals surface area contributed by atoms with Crippen LogP contribution in [0.1, 0.15) is 18.9 Å². The number of hydrogen-bond acceptors (Lipinski definition) is 4. The number of nitro groups is 1. The summed E-state index contributed by atoms with van der Waals surface area (Å²) in [5, 5.41) is 13.3. The number of benzene rings is 2. The molecule has 0 heterocycles. The van der Waals surface area contributed by atoms with Gasteiger partial charge in [0.05, 0.1) is 11.5 Å². The van der Waals surface area contributed by atoms with Gasteiger partial charge in [0.15, 0.2) is 0 Å². The molecular weight excluding hydrogens is 296 g/mol. The van der Waals surface area contributed by atoms with Crippen LogP contribution < -0.4 is 10.1 Å². The van der Waals surface area contributed by atoms with Crippen LogP contribution in [-0.4, -0.2) is 17.4 Å². The summed E-state index contributed by atoms with van der Waals surface area (Å²) in [7, 11) is 0. The number of amides is 1. The van der Waals surface area contributed by atoms with Crippen molar-refractivity contribution in [2.45, 2.75) is 19.8 Å².